The maximum Gasteiger partial charge on any atom is 0.160 e. The van der Waals surface area contributed by atoms with Gasteiger partial charge in [0.1, 0.15) is 11.3 Å². The van der Waals surface area contributed by atoms with Gasteiger partial charge in [-0.25, -0.2) is 9.97 Å². The highest BCUT2D eigenvalue weighted by Crippen LogP contribution is 2.37. The van der Waals surface area contributed by atoms with Gasteiger partial charge in [0.15, 0.2) is 5.65 Å². The SMILES string of the molecule is CC1CCC(n2c(CCl)nc3cc(Br)cnc32)C1. The summed E-state index contributed by atoms with van der Waals surface area (Å²) in [5.74, 6) is 2.17. The minimum absolute atomic E-state index is 0.443. The Kier molecular flexibility index (Phi) is 3.32. The van der Waals surface area contributed by atoms with Gasteiger partial charge in [-0.05, 0) is 47.2 Å². The Hall–Kier alpha value is -0.610. The molecule has 18 heavy (non-hydrogen) atoms. The van der Waals surface area contributed by atoms with E-state index in [4.69, 9.17) is 11.6 Å². The molecule has 2 aromatic rings. The second-order valence-corrected chi connectivity index (χ2v) is 6.28. The first-order valence-corrected chi connectivity index (χ1v) is 7.60. The Bertz CT molecular complexity index is 581. The van der Waals surface area contributed by atoms with E-state index in [0.29, 0.717) is 11.9 Å². The van der Waals surface area contributed by atoms with Gasteiger partial charge in [-0.3, -0.25) is 0 Å². The van der Waals surface area contributed by atoms with E-state index >= 15 is 0 Å². The Morgan fingerprint density at radius 2 is 2.33 bits per heavy atom. The predicted molar refractivity (Wildman–Crippen MR) is 76.8 cm³/mol. The molecule has 96 valence electrons. The van der Waals surface area contributed by atoms with E-state index in [-0.39, 0.29) is 0 Å². The highest BCUT2D eigenvalue weighted by atomic mass is 79.9. The molecule has 0 aliphatic heterocycles. The molecule has 0 bridgehead atoms. The molecule has 3 nitrogen and oxygen atoms in total. The van der Waals surface area contributed by atoms with Crippen molar-refractivity contribution in [2.45, 2.75) is 38.1 Å². The Balaban J connectivity index is 2.13. The van der Waals surface area contributed by atoms with Gasteiger partial charge >= 0.3 is 0 Å². The molecule has 0 aromatic carbocycles. The lowest BCUT2D eigenvalue weighted by atomic mass is 10.1. The third kappa shape index (κ3) is 2.05. The van der Waals surface area contributed by atoms with Crippen molar-refractivity contribution in [2.24, 2.45) is 5.92 Å². The van der Waals surface area contributed by atoms with E-state index in [9.17, 15) is 0 Å². The molecule has 3 rings (SSSR count). The molecule has 5 heteroatoms. The zero-order valence-corrected chi connectivity index (χ0v) is 12.6. The molecule has 0 spiro atoms. The highest BCUT2D eigenvalue weighted by molar-refractivity contribution is 9.10. The summed E-state index contributed by atoms with van der Waals surface area (Å²) in [6.45, 7) is 2.31. The molecule has 1 aliphatic carbocycles. The number of alkyl halides is 1. The van der Waals surface area contributed by atoms with Gasteiger partial charge in [-0.1, -0.05) is 6.92 Å². The number of hydrogen-bond acceptors (Lipinski definition) is 2. The summed E-state index contributed by atoms with van der Waals surface area (Å²) in [6.07, 6.45) is 5.51. The van der Waals surface area contributed by atoms with Crippen LogP contribution < -0.4 is 0 Å². The number of nitrogens with zero attached hydrogens (tertiary/aromatic N) is 3. The first-order valence-electron chi connectivity index (χ1n) is 6.27. The second kappa shape index (κ2) is 4.82. The lowest BCUT2D eigenvalue weighted by molar-refractivity contribution is 0.491. The molecule has 2 unspecified atom stereocenters. The molecule has 1 saturated carbocycles. The van der Waals surface area contributed by atoms with Crippen molar-refractivity contribution in [3.8, 4) is 0 Å². The van der Waals surface area contributed by atoms with E-state index in [1.807, 2.05) is 12.3 Å². The minimum Gasteiger partial charge on any atom is -0.309 e. The molecule has 0 saturated heterocycles. The van der Waals surface area contributed by atoms with E-state index in [2.05, 4.69) is 37.4 Å². The van der Waals surface area contributed by atoms with Crippen LogP contribution in [0.1, 0.15) is 38.1 Å². The van der Waals surface area contributed by atoms with Crippen LogP contribution in [0.25, 0.3) is 11.2 Å². The van der Waals surface area contributed by atoms with Crippen molar-refractivity contribution in [3.05, 3.63) is 22.6 Å². The van der Waals surface area contributed by atoms with Gasteiger partial charge in [0.05, 0.1) is 5.88 Å². The van der Waals surface area contributed by atoms with Crippen LogP contribution >= 0.6 is 27.5 Å². The molecule has 2 heterocycles. The van der Waals surface area contributed by atoms with E-state index in [1.165, 1.54) is 19.3 Å². The number of aromatic nitrogens is 3. The monoisotopic (exact) mass is 327 g/mol. The summed E-state index contributed by atoms with van der Waals surface area (Å²) in [7, 11) is 0. The number of fused-ring (bicyclic) bond motifs is 1. The van der Waals surface area contributed by atoms with Gasteiger partial charge < -0.3 is 4.57 Å². The molecule has 1 aliphatic rings. The van der Waals surface area contributed by atoms with Crippen LogP contribution in [0.15, 0.2) is 16.7 Å². The van der Waals surface area contributed by atoms with E-state index in [1.54, 1.807) is 0 Å². The molecule has 2 atom stereocenters. The molecular formula is C13H15BrClN3. The normalized spacial score (nSPS) is 23.9. The fourth-order valence-electron chi connectivity index (χ4n) is 2.89. The Morgan fingerprint density at radius 1 is 1.50 bits per heavy atom. The van der Waals surface area contributed by atoms with Crippen LogP contribution in [0.5, 0.6) is 0 Å². The third-order valence-corrected chi connectivity index (χ3v) is 4.39. The number of pyridine rings is 1. The average Bonchev–Trinajstić information content (AvgIpc) is 2.91. The third-order valence-electron chi connectivity index (χ3n) is 3.72. The zero-order valence-electron chi connectivity index (χ0n) is 10.2. The van der Waals surface area contributed by atoms with Crippen LogP contribution in [-0.4, -0.2) is 14.5 Å². The van der Waals surface area contributed by atoms with Gasteiger partial charge in [-0.2, -0.15) is 0 Å². The van der Waals surface area contributed by atoms with Gasteiger partial charge in [0.25, 0.3) is 0 Å². The summed E-state index contributed by atoms with van der Waals surface area (Å²) >= 11 is 9.47. The minimum atomic E-state index is 0.443. The predicted octanol–water partition coefficient (Wildman–Crippen LogP) is 4.29. The van der Waals surface area contributed by atoms with Crippen LogP contribution in [0, 0.1) is 5.92 Å². The van der Waals surface area contributed by atoms with Crippen molar-refractivity contribution < 1.29 is 0 Å². The lowest BCUT2D eigenvalue weighted by Crippen LogP contribution is -2.09. The van der Waals surface area contributed by atoms with Crippen molar-refractivity contribution in [1.29, 1.82) is 0 Å². The largest absolute Gasteiger partial charge is 0.309 e. The smallest absolute Gasteiger partial charge is 0.160 e. The zero-order chi connectivity index (χ0) is 12.7. The quantitative estimate of drug-likeness (QED) is 0.770. The number of rotatable bonds is 2. The van der Waals surface area contributed by atoms with Gasteiger partial charge in [0.2, 0.25) is 0 Å². The highest BCUT2D eigenvalue weighted by Gasteiger charge is 2.26. The van der Waals surface area contributed by atoms with Crippen LogP contribution in [0.2, 0.25) is 0 Å². The van der Waals surface area contributed by atoms with Gasteiger partial charge in [-0.15, -0.1) is 11.6 Å². The second-order valence-electron chi connectivity index (χ2n) is 5.10. The summed E-state index contributed by atoms with van der Waals surface area (Å²) < 4.78 is 3.21. The number of halogens is 2. The number of imidazole rings is 1. The standard InChI is InChI=1S/C13H15BrClN3/c1-8-2-3-10(4-8)18-12(6-15)17-11-5-9(14)7-16-13(11)18/h5,7-8,10H,2-4,6H2,1H3. The average molecular weight is 329 g/mol. The van der Waals surface area contributed by atoms with Gasteiger partial charge in [0, 0.05) is 16.7 Å². The Morgan fingerprint density at radius 3 is 3.00 bits per heavy atom. The molecular weight excluding hydrogens is 314 g/mol. The van der Waals surface area contributed by atoms with Crippen LogP contribution in [0.4, 0.5) is 0 Å². The van der Waals surface area contributed by atoms with Crippen LogP contribution in [0.3, 0.4) is 0 Å². The van der Waals surface area contributed by atoms with Crippen molar-refractivity contribution in [1.82, 2.24) is 14.5 Å². The number of hydrogen-bond donors (Lipinski definition) is 0. The first-order chi connectivity index (χ1) is 8.69. The molecule has 1 fully saturated rings. The first kappa shape index (κ1) is 12.4. The molecule has 0 amide bonds. The van der Waals surface area contributed by atoms with Crippen molar-refractivity contribution in [3.63, 3.8) is 0 Å². The summed E-state index contributed by atoms with van der Waals surface area (Å²) in [5.41, 5.74) is 1.90. The summed E-state index contributed by atoms with van der Waals surface area (Å²) in [5, 5.41) is 0. The summed E-state index contributed by atoms with van der Waals surface area (Å²) in [4.78, 5) is 9.11. The van der Waals surface area contributed by atoms with E-state index < -0.39 is 0 Å². The fraction of sp³-hybridized carbons (Fsp3) is 0.538. The summed E-state index contributed by atoms with van der Waals surface area (Å²) in [6, 6.07) is 2.51. The molecule has 0 radical (unpaired) electrons. The van der Waals surface area contributed by atoms with Crippen LogP contribution in [-0.2, 0) is 5.88 Å². The fourth-order valence-corrected chi connectivity index (χ4v) is 3.40. The maximum absolute atomic E-state index is 6.04. The topological polar surface area (TPSA) is 30.7 Å². The van der Waals surface area contributed by atoms with Crippen molar-refractivity contribution >= 4 is 38.7 Å². The Labute approximate surface area is 120 Å². The molecule has 2 aromatic heterocycles. The maximum atomic E-state index is 6.04. The van der Waals surface area contributed by atoms with E-state index in [0.717, 1.165) is 27.4 Å². The molecule has 0 N–H and O–H groups in total. The van der Waals surface area contributed by atoms with Crippen molar-refractivity contribution in [2.75, 3.05) is 0 Å². The lowest BCUT2D eigenvalue weighted by Gasteiger charge is -2.15.